The molecule has 0 aromatic rings. The summed E-state index contributed by atoms with van der Waals surface area (Å²) >= 11 is 0. The number of rotatable bonds is 6. The fourth-order valence-electron chi connectivity index (χ4n) is 0.722. The van der Waals surface area contributed by atoms with Crippen LogP contribution in [0, 0.1) is 16.7 Å². The molecule has 0 aromatic heterocycles. The van der Waals surface area contributed by atoms with Gasteiger partial charge in [-0.3, -0.25) is 4.79 Å². The fraction of sp³-hybridized carbons (Fsp3) is 0.778. The fourth-order valence-corrected chi connectivity index (χ4v) is 1.88. The molecule has 0 aliphatic carbocycles. The van der Waals surface area contributed by atoms with Gasteiger partial charge in [-0.1, -0.05) is 0 Å². The maximum Gasteiger partial charge on any atom is 0.306 e. The summed E-state index contributed by atoms with van der Waals surface area (Å²) in [5, 5.41) is 8.69. The molecule has 0 spiro atoms. The molecule has 0 amide bonds. The zero-order valence-electron chi connectivity index (χ0n) is 9.61. The van der Waals surface area contributed by atoms with E-state index in [9.17, 15) is 13.2 Å². The van der Waals surface area contributed by atoms with Gasteiger partial charge in [0.15, 0.2) is 0 Å². The molecule has 0 bridgehead atoms. The molecule has 0 fully saturated rings. The number of hydrogen-bond acceptors (Lipinski definition) is 5. The van der Waals surface area contributed by atoms with Crippen molar-refractivity contribution in [3.05, 3.63) is 0 Å². The number of nitrogens with zero attached hydrogens (tertiary/aromatic N) is 1. The second kappa shape index (κ2) is 5.82. The molecule has 7 heteroatoms. The van der Waals surface area contributed by atoms with Gasteiger partial charge in [0.2, 0.25) is 10.0 Å². The van der Waals surface area contributed by atoms with E-state index < -0.39 is 21.4 Å². The van der Waals surface area contributed by atoms with Gasteiger partial charge >= 0.3 is 5.97 Å². The first kappa shape index (κ1) is 14.9. The standard InChI is InChI=1S/C9H16N2O4S/c1-9(2,6-10)7-11-16(13,14)5-4-8(12)15-3/h11H,4-5,7H2,1-3H3. The van der Waals surface area contributed by atoms with Crippen LogP contribution in [-0.4, -0.2) is 33.8 Å². The Morgan fingerprint density at radius 3 is 2.50 bits per heavy atom. The molecule has 92 valence electrons. The van der Waals surface area contributed by atoms with Gasteiger partial charge < -0.3 is 4.74 Å². The first-order valence-electron chi connectivity index (χ1n) is 4.68. The number of carbonyl (C=O) groups is 1. The molecule has 0 saturated carbocycles. The maximum atomic E-state index is 11.4. The summed E-state index contributed by atoms with van der Waals surface area (Å²) in [6, 6.07) is 1.97. The molecule has 0 atom stereocenters. The van der Waals surface area contributed by atoms with Crippen LogP contribution in [0.2, 0.25) is 0 Å². The third-order valence-electron chi connectivity index (χ3n) is 1.84. The number of ether oxygens (including phenoxy) is 1. The smallest absolute Gasteiger partial charge is 0.306 e. The van der Waals surface area contributed by atoms with E-state index in [-0.39, 0.29) is 18.7 Å². The molecule has 0 radical (unpaired) electrons. The Labute approximate surface area is 95.6 Å². The van der Waals surface area contributed by atoms with E-state index >= 15 is 0 Å². The third kappa shape index (κ3) is 6.37. The van der Waals surface area contributed by atoms with E-state index in [2.05, 4.69) is 9.46 Å². The molecule has 6 nitrogen and oxygen atoms in total. The van der Waals surface area contributed by atoms with Crippen molar-refractivity contribution in [2.75, 3.05) is 19.4 Å². The van der Waals surface area contributed by atoms with Crippen molar-refractivity contribution in [2.45, 2.75) is 20.3 Å². The molecule has 0 unspecified atom stereocenters. The van der Waals surface area contributed by atoms with Gasteiger partial charge in [0.05, 0.1) is 30.8 Å². The van der Waals surface area contributed by atoms with Crippen LogP contribution in [0.4, 0.5) is 0 Å². The largest absolute Gasteiger partial charge is 0.469 e. The summed E-state index contributed by atoms with van der Waals surface area (Å²) in [6.07, 6.45) is -0.196. The van der Waals surface area contributed by atoms with Gasteiger partial charge in [-0.05, 0) is 13.8 Å². The number of nitriles is 1. The van der Waals surface area contributed by atoms with Gasteiger partial charge in [0.25, 0.3) is 0 Å². The summed E-state index contributed by atoms with van der Waals surface area (Å²) < 4.78 is 29.4. The van der Waals surface area contributed by atoms with Gasteiger partial charge in [0, 0.05) is 6.54 Å². The van der Waals surface area contributed by atoms with Crippen LogP contribution in [0.5, 0.6) is 0 Å². The molecule has 0 aromatic carbocycles. The first-order chi connectivity index (χ1) is 7.22. The molecule has 1 N–H and O–H groups in total. The van der Waals surface area contributed by atoms with E-state index in [4.69, 9.17) is 5.26 Å². The van der Waals surface area contributed by atoms with Crippen molar-refractivity contribution >= 4 is 16.0 Å². The highest BCUT2D eigenvalue weighted by atomic mass is 32.2. The van der Waals surface area contributed by atoms with Crippen molar-refractivity contribution in [2.24, 2.45) is 5.41 Å². The number of hydrogen-bond donors (Lipinski definition) is 1. The molecule has 0 saturated heterocycles. The second-order valence-corrected chi connectivity index (χ2v) is 5.89. The first-order valence-corrected chi connectivity index (χ1v) is 6.33. The minimum absolute atomic E-state index is 0.0208. The van der Waals surface area contributed by atoms with E-state index in [1.807, 2.05) is 6.07 Å². The monoisotopic (exact) mass is 248 g/mol. The van der Waals surface area contributed by atoms with Crippen molar-refractivity contribution in [1.82, 2.24) is 4.72 Å². The lowest BCUT2D eigenvalue weighted by Crippen LogP contribution is -2.35. The lowest BCUT2D eigenvalue weighted by molar-refractivity contribution is -0.140. The van der Waals surface area contributed by atoms with Gasteiger partial charge in [0.1, 0.15) is 0 Å². The summed E-state index contributed by atoms with van der Waals surface area (Å²) in [4.78, 5) is 10.7. The highest BCUT2D eigenvalue weighted by molar-refractivity contribution is 7.89. The number of esters is 1. The predicted molar refractivity (Wildman–Crippen MR) is 57.8 cm³/mol. The lowest BCUT2D eigenvalue weighted by atomic mass is 9.97. The van der Waals surface area contributed by atoms with Crippen LogP contribution in [0.1, 0.15) is 20.3 Å². The molecule has 0 aliphatic heterocycles. The zero-order valence-corrected chi connectivity index (χ0v) is 10.4. The van der Waals surface area contributed by atoms with Crippen molar-refractivity contribution in [3.8, 4) is 6.07 Å². The summed E-state index contributed by atoms with van der Waals surface area (Å²) in [6.45, 7) is 3.26. The number of carbonyl (C=O) groups excluding carboxylic acids is 1. The van der Waals surface area contributed by atoms with E-state index in [1.165, 1.54) is 7.11 Å². The molecule has 16 heavy (non-hydrogen) atoms. The van der Waals surface area contributed by atoms with E-state index in [1.54, 1.807) is 13.8 Å². The lowest BCUT2D eigenvalue weighted by Gasteiger charge is -2.15. The Morgan fingerprint density at radius 1 is 1.50 bits per heavy atom. The maximum absolute atomic E-state index is 11.4. The highest BCUT2D eigenvalue weighted by Gasteiger charge is 2.21. The van der Waals surface area contributed by atoms with Crippen molar-refractivity contribution < 1.29 is 17.9 Å². The topological polar surface area (TPSA) is 96.3 Å². The molecule has 0 heterocycles. The quantitative estimate of drug-likeness (QED) is 0.668. The Balaban J connectivity index is 4.18. The Kier molecular flexibility index (Phi) is 5.41. The zero-order chi connectivity index (χ0) is 12.8. The third-order valence-corrected chi connectivity index (χ3v) is 3.17. The minimum Gasteiger partial charge on any atom is -0.469 e. The molecule has 0 aliphatic rings. The van der Waals surface area contributed by atoms with Crippen molar-refractivity contribution in [1.29, 1.82) is 5.26 Å². The second-order valence-electron chi connectivity index (χ2n) is 3.96. The van der Waals surface area contributed by atoms with Crippen LogP contribution in [-0.2, 0) is 19.6 Å². The van der Waals surface area contributed by atoms with Gasteiger partial charge in [-0.2, -0.15) is 5.26 Å². The Morgan fingerprint density at radius 2 is 2.06 bits per heavy atom. The summed E-state index contributed by atoms with van der Waals surface area (Å²) in [5.74, 6) is -0.911. The van der Waals surface area contributed by atoms with Crippen LogP contribution in [0.25, 0.3) is 0 Å². The summed E-state index contributed by atoms with van der Waals surface area (Å²) in [5.41, 5.74) is -0.766. The average molecular weight is 248 g/mol. The van der Waals surface area contributed by atoms with Crippen LogP contribution in [0.15, 0.2) is 0 Å². The number of methoxy groups -OCH3 is 1. The van der Waals surface area contributed by atoms with Crippen LogP contribution in [0.3, 0.4) is 0 Å². The number of nitrogens with one attached hydrogen (secondary N) is 1. The summed E-state index contributed by atoms with van der Waals surface area (Å²) in [7, 11) is -2.34. The minimum atomic E-state index is -3.53. The van der Waals surface area contributed by atoms with Gasteiger partial charge in [-0.25, -0.2) is 13.1 Å². The SMILES string of the molecule is COC(=O)CCS(=O)(=O)NCC(C)(C)C#N. The predicted octanol–water partition coefficient (Wildman–Crippen LogP) is 0.0187. The van der Waals surface area contributed by atoms with E-state index in [0.717, 1.165) is 0 Å². The Hall–Kier alpha value is -1.13. The molecule has 0 rings (SSSR count). The molecular weight excluding hydrogens is 232 g/mol. The molecular formula is C9H16N2O4S. The normalized spacial score (nSPS) is 11.9. The van der Waals surface area contributed by atoms with Crippen LogP contribution < -0.4 is 4.72 Å². The highest BCUT2D eigenvalue weighted by Crippen LogP contribution is 2.11. The van der Waals surface area contributed by atoms with Crippen molar-refractivity contribution in [3.63, 3.8) is 0 Å². The van der Waals surface area contributed by atoms with E-state index in [0.29, 0.717) is 0 Å². The Bertz CT molecular complexity index is 381. The average Bonchev–Trinajstić information content (AvgIpc) is 2.24. The number of sulfonamides is 1. The van der Waals surface area contributed by atoms with Crippen LogP contribution >= 0.6 is 0 Å². The van der Waals surface area contributed by atoms with Gasteiger partial charge in [-0.15, -0.1) is 0 Å².